The van der Waals surface area contributed by atoms with E-state index in [1.165, 1.54) is 6.92 Å². The van der Waals surface area contributed by atoms with E-state index in [1.807, 2.05) is 0 Å². The number of aliphatic hydroxyl groups excluding tert-OH is 1. The number of fused-ring (bicyclic) bond motifs is 1. The van der Waals surface area contributed by atoms with E-state index >= 15 is 0 Å². The van der Waals surface area contributed by atoms with Gasteiger partial charge in [-0.25, -0.2) is 0 Å². The van der Waals surface area contributed by atoms with Gasteiger partial charge in [0.05, 0.1) is 18.7 Å². The zero-order chi connectivity index (χ0) is 16.4. The van der Waals surface area contributed by atoms with Gasteiger partial charge in [0.25, 0.3) is 0 Å². The highest BCUT2D eigenvalue weighted by Crippen LogP contribution is 2.37. The van der Waals surface area contributed by atoms with Crippen molar-refractivity contribution in [3.63, 3.8) is 0 Å². The number of furan rings is 1. The molecule has 0 unspecified atom stereocenters. The smallest absolute Gasteiger partial charge is 0.217 e. The van der Waals surface area contributed by atoms with Crippen LogP contribution in [-0.4, -0.2) is 41.1 Å². The molecular formula is C18H28N2O3. The van der Waals surface area contributed by atoms with Gasteiger partial charge in [0, 0.05) is 26.4 Å². The molecule has 1 saturated heterocycles. The normalized spacial score (nSPS) is 31.1. The first kappa shape index (κ1) is 16.5. The van der Waals surface area contributed by atoms with Crippen molar-refractivity contribution in [2.24, 2.45) is 11.8 Å². The van der Waals surface area contributed by atoms with Crippen molar-refractivity contribution in [2.75, 3.05) is 13.1 Å². The van der Waals surface area contributed by atoms with Crippen molar-refractivity contribution in [3.05, 3.63) is 23.7 Å². The molecule has 3 rings (SSSR count). The van der Waals surface area contributed by atoms with E-state index in [4.69, 9.17) is 4.42 Å². The van der Waals surface area contributed by atoms with E-state index in [-0.39, 0.29) is 11.9 Å². The average molecular weight is 320 g/mol. The second kappa shape index (κ2) is 7.05. The molecule has 23 heavy (non-hydrogen) atoms. The highest BCUT2D eigenvalue weighted by atomic mass is 16.3. The lowest BCUT2D eigenvalue weighted by molar-refractivity contribution is -0.121. The van der Waals surface area contributed by atoms with Crippen LogP contribution in [0, 0.1) is 11.8 Å². The van der Waals surface area contributed by atoms with Crippen LogP contribution in [0.4, 0.5) is 0 Å². The van der Waals surface area contributed by atoms with Crippen LogP contribution in [0.2, 0.25) is 0 Å². The fourth-order valence-corrected chi connectivity index (χ4v) is 4.18. The number of rotatable bonds is 5. The molecule has 0 radical (unpaired) electrons. The first-order chi connectivity index (χ1) is 11.0. The predicted molar refractivity (Wildman–Crippen MR) is 87.8 cm³/mol. The molecule has 1 aromatic heterocycles. The average Bonchev–Trinajstić information content (AvgIpc) is 3.06. The van der Waals surface area contributed by atoms with E-state index < -0.39 is 6.10 Å². The molecule has 1 aromatic rings. The summed E-state index contributed by atoms with van der Waals surface area (Å²) in [5.41, 5.74) is 0. The van der Waals surface area contributed by atoms with Gasteiger partial charge in [-0.1, -0.05) is 6.92 Å². The summed E-state index contributed by atoms with van der Waals surface area (Å²) in [6.45, 7) is 6.56. The third-order valence-corrected chi connectivity index (χ3v) is 5.20. The number of likely N-dealkylation sites (tertiary alicyclic amines) is 1. The van der Waals surface area contributed by atoms with Crippen LogP contribution in [0.1, 0.15) is 44.6 Å². The number of nitrogens with zero attached hydrogens (tertiary/aromatic N) is 1. The van der Waals surface area contributed by atoms with E-state index in [9.17, 15) is 9.90 Å². The van der Waals surface area contributed by atoms with Crippen LogP contribution in [0.5, 0.6) is 0 Å². The molecule has 5 heteroatoms. The summed E-state index contributed by atoms with van der Waals surface area (Å²) in [5, 5.41) is 13.2. The number of hydrogen-bond acceptors (Lipinski definition) is 4. The zero-order valence-corrected chi connectivity index (χ0v) is 14.1. The van der Waals surface area contributed by atoms with E-state index in [2.05, 4.69) is 29.3 Å². The second-order valence-corrected chi connectivity index (χ2v) is 7.18. The van der Waals surface area contributed by atoms with Crippen LogP contribution < -0.4 is 5.32 Å². The fraction of sp³-hybridized carbons (Fsp3) is 0.722. The van der Waals surface area contributed by atoms with Crippen LogP contribution in [-0.2, 0) is 17.8 Å². The summed E-state index contributed by atoms with van der Waals surface area (Å²) in [7, 11) is 0. The van der Waals surface area contributed by atoms with E-state index in [1.54, 1.807) is 0 Å². The Hall–Kier alpha value is -1.33. The maximum Gasteiger partial charge on any atom is 0.217 e. The summed E-state index contributed by atoms with van der Waals surface area (Å²) in [6.07, 6.45) is 3.34. The molecule has 2 N–H and O–H groups in total. The Kier molecular flexibility index (Phi) is 5.07. The Labute approximate surface area is 138 Å². The Balaban J connectivity index is 1.56. The van der Waals surface area contributed by atoms with Gasteiger partial charge in [-0.05, 0) is 43.2 Å². The SMILES string of the molecule is CCCc1ccc(CN2C[C@H]3C[C@@H](NC(C)=O)[C@H](O)C[C@H]3C2)o1. The summed E-state index contributed by atoms with van der Waals surface area (Å²) >= 11 is 0. The van der Waals surface area contributed by atoms with Crippen LogP contribution in [0.15, 0.2) is 16.5 Å². The lowest BCUT2D eigenvalue weighted by Crippen LogP contribution is -2.48. The maximum atomic E-state index is 11.3. The largest absolute Gasteiger partial charge is 0.465 e. The summed E-state index contributed by atoms with van der Waals surface area (Å²) in [4.78, 5) is 13.7. The number of carbonyl (C=O) groups excluding carboxylic acids is 1. The lowest BCUT2D eigenvalue weighted by atomic mass is 9.77. The quantitative estimate of drug-likeness (QED) is 0.870. The third kappa shape index (κ3) is 3.96. The minimum atomic E-state index is -0.417. The number of aliphatic hydroxyl groups is 1. The second-order valence-electron chi connectivity index (χ2n) is 7.18. The van der Waals surface area contributed by atoms with Crippen molar-refractivity contribution in [3.8, 4) is 0 Å². The van der Waals surface area contributed by atoms with Gasteiger partial charge in [0.2, 0.25) is 5.91 Å². The molecule has 2 aliphatic rings. The third-order valence-electron chi connectivity index (χ3n) is 5.20. The summed E-state index contributed by atoms with van der Waals surface area (Å²) < 4.78 is 5.89. The first-order valence-corrected chi connectivity index (χ1v) is 8.80. The molecule has 2 heterocycles. The monoisotopic (exact) mass is 320 g/mol. The van der Waals surface area contributed by atoms with Crippen molar-refractivity contribution in [1.82, 2.24) is 10.2 Å². The highest BCUT2D eigenvalue weighted by molar-refractivity contribution is 5.73. The molecule has 0 aromatic carbocycles. The predicted octanol–water partition coefficient (Wildman–Crippen LogP) is 1.94. The molecule has 1 amide bonds. The Morgan fingerprint density at radius 1 is 1.30 bits per heavy atom. The minimum Gasteiger partial charge on any atom is -0.465 e. The Morgan fingerprint density at radius 2 is 2.00 bits per heavy atom. The number of carbonyl (C=O) groups is 1. The van der Waals surface area contributed by atoms with Gasteiger partial charge >= 0.3 is 0 Å². The zero-order valence-electron chi connectivity index (χ0n) is 14.1. The molecule has 0 spiro atoms. The summed E-state index contributed by atoms with van der Waals surface area (Å²) in [5.74, 6) is 3.13. The molecule has 0 bridgehead atoms. The number of aryl methyl sites for hydroxylation is 1. The standard InChI is InChI=1S/C18H28N2O3/c1-3-4-15-5-6-16(23-15)11-20-9-13-7-17(19-12(2)21)18(22)8-14(13)10-20/h5-6,13-14,17-18,22H,3-4,7-11H2,1-2H3,(H,19,21)/t13-,14+,17-,18-/m1/s1. The molecule has 128 valence electrons. The van der Waals surface area contributed by atoms with Crippen molar-refractivity contribution >= 4 is 5.91 Å². The van der Waals surface area contributed by atoms with Gasteiger partial charge in [-0.3, -0.25) is 9.69 Å². The van der Waals surface area contributed by atoms with Gasteiger partial charge in [0.1, 0.15) is 11.5 Å². The molecular weight excluding hydrogens is 292 g/mol. The van der Waals surface area contributed by atoms with Crippen molar-refractivity contribution in [1.29, 1.82) is 0 Å². The van der Waals surface area contributed by atoms with Crippen molar-refractivity contribution in [2.45, 2.75) is 58.2 Å². The van der Waals surface area contributed by atoms with Crippen LogP contribution >= 0.6 is 0 Å². The van der Waals surface area contributed by atoms with Crippen LogP contribution in [0.3, 0.4) is 0 Å². The van der Waals surface area contributed by atoms with Crippen LogP contribution in [0.25, 0.3) is 0 Å². The van der Waals surface area contributed by atoms with Gasteiger partial charge in [-0.2, -0.15) is 0 Å². The van der Waals surface area contributed by atoms with Gasteiger partial charge in [0.15, 0.2) is 0 Å². The molecule has 1 saturated carbocycles. The number of amides is 1. The summed E-state index contributed by atoms with van der Waals surface area (Å²) in [6, 6.07) is 4.08. The van der Waals surface area contributed by atoms with Gasteiger partial charge < -0.3 is 14.8 Å². The fourth-order valence-electron chi connectivity index (χ4n) is 4.18. The van der Waals surface area contributed by atoms with Gasteiger partial charge in [-0.15, -0.1) is 0 Å². The molecule has 5 nitrogen and oxygen atoms in total. The maximum absolute atomic E-state index is 11.3. The topological polar surface area (TPSA) is 65.7 Å². The Bertz CT molecular complexity index is 542. The number of hydrogen-bond donors (Lipinski definition) is 2. The lowest BCUT2D eigenvalue weighted by Gasteiger charge is -2.35. The molecule has 1 aliphatic heterocycles. The van der Waals surface area contributed by atoms with E-state index in [0.717, 1.165) is 56.8 Å². The molecule has 4 atom stereocenters. The first-order valence-electron chi connectivity index (χ1n) is 8.80. The molecule has 1 aliphatic carbocycles. The van der Waals surface area contributed by atoms with Crippen molar-refractivity contribution < 1.29 is 14.3 Å². The van der Waals surface area contributed by atoms with E-state index in [0.29, 0.717) is 11.8 Å². The minimum absolute atomic E-state index is 0.0543. The molecule has 2 fully saturated rings. The Morgan fingerprint density at radius 3 is 2.70 bits per heavy atom. The highest BCUT2D eigenvalue weighted by Gasteiger charge is 2.41. The number of nitrogens with one attached hydrogen (secondary N) is 1.